The van der Waals surface area contributed by atoms with Crippen LogP contribution in [-0.2, 0) is 11.2 Å². The zero-order valence-corrected chi connectivity index (χ0v) is 15.9. The molecule has 0 radical (unpaired) electrons. The van der Waals surface area contributed by atoms with Crippen LogP contribution in [0, 0.1) is 12.8 Å². The first kappa shape index (κ1) is 18.2. The zero-order valence-electron chi connectivity index (χ0n) is 15.9. The Labute approximate surface area is 155 Å². The van der Waals surface area contributed by atoms with E-state index >= 15 is 0 Å². The highest BCUT2D eigenvalue weighted by Crippen LogP contribution is 2.32. The minimum absolute atomic E-state index is 0.144. The van der Waals surface area contributed by atoms with E-state index in [2.05, 4.69) is 21.7 Å². The van der Waals surface area contributed by atoms with Crippen molar-refractivity contribution in [2.45, 2.75) is 45.8 Å². The molecule has 0 bridgehead atoms. The third kappa shape index (κ3) is 4.54. The molecule has 1 amide bonds. The summed E-state index contributed by atoms with van der Waals surface area (Å²) in [4.78, 5) is 17.0. The summed E-state index contributed by atoms with van der Waals surface area (Å²) in [5.41, 5.74) is 3.81. The molecule has 138 valence electrons. The predicted octanol–water partition coefficient (Wildman–Crippen LogP) is 4.24. The lowest BCUT2D eigenvalue weighted by Gasteiger charge is -2.33. The van der Waals surface area contributed by atoms with Crippen molar-refractivity contribution in [1.82, 2.24) is 10.3 Å². The van der Waals surface area contributed by atoms with E-state index in [9.17, 15) is 4.79 Å². The molecule has 2 aromatic rings. The summed E-state index contributed by atoms with van der Waals surface area (Å²) in [6.45, 7) is 8.42. The number of pyridine rings is 1. The molecule has 1 aromatic heterocycles. The molecule has 1 aliphatic heterocycles. The smallest absolute Gasteiger partial charge is 0.408 e. The molecule has 0 spiro atoms. The Bertz CT molecular complexity index is 769. The van der Waals surface area contributed by atoms with Crippen molar-refractivity contribution in [2.24, 2.45) is 5.92 Å². The fourth-order valence-corrected chi connectivity index (χ4v) is 3.28. The number of carbonyl (C=O) groups excluding carboxylic acids is 1. The van der Waals surface area contributed by atoms with Crippen LogP contribution in [0.15, 0.2) is 42.6 Å². The fraction of sp³-hybridized carbons (Fsp3) is 0.429. The third-order valence-corrected chi connectivity index (χ3v) is 4.42. The van der Waals surface area contributed by atoms with Crippen molar-refractivity contribution in [3.05, 3.63) is 59.4 Å². The summed E-state index contributed by atoms with van der Waals surface area (Å²) in [5.74, 6) is 0.188. The van der Waals surface area contributed by atoms with Crippen LogP contribution < -0.4 is 10.6 Å². The van der Waals surface area contributed by atoms with E-state index in [1.807, 2.05) is 64.2 Å². The molecule has 5 heteroatoms. The van der Waals surface area contributed by atoms with E-state index in [0.717, 1.165) is 35.5 Å². The average Bonchev–Trinajstić information content (AvgIpc) is 2.58. The highest BCUT2D eigenvalue weighted by Gasteiger charge is 2.30. The van der Waals surface area contributed by atoms with E-state index in [4.69, 9.17) is 4.74 Å². The quantitative estimate of drug-likeness (QED) is 0.866. The van der Waals surface area contributed by atoms with Gasteiger partial charge in [-0.2, -0.15) is 0 Å². The van der Waals surface area contributed by atoms with Crippen LogP contribution in [-0.4, -0.2) is 23.2 Å². The number of alkyl carbamates (subject to hydrolysis) is 1. The van der Waals surface area contributed by atoms with Crippen LogP contribution in [0.25, 0.3) is 0 Å². The molecule has 26 heavy (non-hydrogen) atoms. The van der Waals surface area contributed by atoms with Gasteiger partial charge in [0, 0.05) is 18.7 Å². The van der Waals surface area contributed by atoms with Crippen LogP contribution in [0.1, 0.15) is 43.6 Å². The van der Waals surface area contributed by atoms with Gasteiger partial charge in [0.05, 0.1) is 17.4 Å². The Morgan fingerprint density at radius 2 is 2.04 bits per heavy atom. The minimum atomic E-state index is -0.526. The minimum Gasteiger partial charge on any atom is -0.444 e. The van der Waals surface area contributed by atoms with Gasteiger partial charge in [-0.05, 0) is 51.3 Å². The summed E-state index contributed by atoms with van der Waals surface area (Å²) in [5, 5.41) is 6.54. The number of ether oxygens (including phenoxy) is 1. The molecule has 0 saturated carbocycles. The summed E-state index contributed by atoms with van der Waals surface area (Å²) in [7, 11) is 0. The van der Waals surface area contributed by atoms with E-state index in [1.165, 1.54) is 0 Å². The first-order valence-corrected chi connectivity index (χ1v) is 9.06. The molecule has 2 N–H and O–H groups in total. The number of aryl methyl sites for hydroxylation is 1. The Kier molecular flexibility index (Phi) is 5.16. The van der Waals surface area contributed by atoms with Crippen LogP contribution in [0.2, 0.25) is 0 Å². The standard InChI is InChI=1S/C21H27N3O2/c1-14-10-17-18(22-12-14)11-16(13-23-17)19(15-8-6-5-7-9-15)24-20(25)26-21(2,3)4/h5-10,12,16,19,23H,11,13H2,1-4H3,(H,24,25)/t16-,19+/m0/s1. The number of fused-ring (bicyclic) bond motifs is 1. The predicted molar refractivity (Wildman–Crippen MR) is 103 cm³/mol. The van der Waals surface area contributed by atoms with Gasteiger partial charge in [0.15, 0.2) is 0 Å². The Balaban J connectivity index is 1.82. The SMILES string of the molecule is Cc1cnc2c(c1)NC[C@@H]([C@H](NC(=O)OC(C)(C)C)c1ccccc1)C2. The van der Waals surface area contributed by atoms with Gasteiger partial charge < -0.3 is 15.4 Å². The number of benzene rings is 1. The number of hydrogen-bond donors (Lipinski definition) is 2. The summed E-state index contributed by atoms with van der Waals surface area (Å²) < 4.78 is 5.48. The van der Waals surface area contributed by atoms with Crippen LogP contribution in [0.5, 0.6) is 0 Å². The summed E-state index contributed by atoms with van der Waals surface area (Å²) in [6, 6.07) is 12.0. The van der Waals surface area contributed by atoms with Crippen molar-refractivity contribution in [2.75, 3.05) is 11.9 Å². The van der Waals surface area contributed by atoms with Crippen LogP contribution in [0.4, 0.5) is 10.5 Å². The number of aromatic nitrogens is 1. The molecule has 3 rings (SSSR count). The summed E-state index contributed by atoms with van der Waals surface area (Å²) in [6.07, 6.45) is 2.30. The van der Waals surface area contributed by atoms with Crippen LogP contribution in [0.3, 0.4) is 0 Å². The highest BCUT2D eigenvalue weighted by molar-refractivity contribution is 5.68. The van der Waals surface area contributed by atoms with E-state index in [0.29, 0.717) is 0 Å². The maximum atomic E-state index is 12.4. The highest BCUT2D eigenvalue weighted by atomic mass is 16.6. The van der Waals surface area contributed by atoms with Crippen molar-refractivity contribution in [1.29, 1.82) is 0 Å². The third-order valence-electron chi connectivity index (χ3n) is 4.42. The Hall–Kier alpha value is -2.56. The lowest BCUT2D eigenvalue weighted by atomic mass is 9.86. The molecule has 0 aliphatic carbocycles. The van der Waals surface area contributed by atoms with Gasteiger partial charge >= 0.3 is 6.09 Å². The molecular formula is C21H27N3O2. The fourth-order valence-electron chi connectivity index (χ4n) is 3.28. The van der Waals surface area contributed by atoms with Gasteiger partial charge in [0.2, 0.25) is 0 Å². The van der Waals surface area contributed by atoms with Gasteiger partial charge in [-0.15, -0.1) is 0 Å². The van der Waals surface area contributed by atoms with E-state index < -0.39 is 11.7 Å². The number of nitrogens with zero attached hydrogens (tertiary/aromatic N) is 1. The normalized spacial score (nSPS) is 17.6. The molecular weight excluding hydrogens is 326 g/mol. The topological polar surface area (TPSA) is 63.2 Å². The lowest BCUT2D eigenvalue weighted by Crippen LogP contribution is -2.41. The number of hydrogen-bond acceptors (Lipinski definition) is 4. The van der Waals surface area contributed by atoms with Gasteiger partial charge in [-0.3, -0.25) is 4.98 Å². The lowest BCUT2D eigenvalue weighted by molar-refractivity contribution is 0.0485. The molecule has 2 heterocycles. The molecule has 2 atom stereocenters. The van der Waals surface area contributed by atoms with E-state index in [1.54, 1.807) is 0 Å². The monoisotopic (exact) mass is 353 g/mol. The van der Waals surface area contributed by atoms with E-state index in [-0.39, 0.29) is 12.0 Å². The second-order valence-electron chi connectivity index (χ2n) is 7.89. The molecule has 0 unspecified atom stereocenters. The number of nitrogens with one attached hydrogen (secondary N) is 2. The van der Waals surface area contributed by atoms with Gasteiger partial charge in [0.25, 0.3) is 0 Å². The van der Waals surface area contributed by atoms with Crippen molar-refractivity contribution in [3.63, 3.8) is 0 Å². The van der Waals surface area contributed by atoms with Crippen molar-refractivity contribution in [3.8, 4) is 0 Å². The Morgan fingerprint density at radius 1 is 1.31 bits per heavy atom. The first-order chi connectivity index (χ1) is 12.3. The molecule has 0 saturated heterocycles. The second-order valence-corrected chi connectivity index (χ2v) is 7.89. The number of amides is 1. The van der Waals surface area contributed by atoms with Gasteiger partial charge in [-0.1, -0.05) is 30.3 Å². The number of anilines is 1. The van der Waals surface area contributed by atoms with Crippen molar-refractivity contribution >= 4 is 11.8 Å². The molecule has 0 fully saturated rings. The number of rotatable bonds is 3. The Morgan fingerprint density at radius 3 is 2.73 bits per heavy atom. The van der Waals surface area contributed by atoms with Gasteiger partial charge in [0.1, 0.15) is 5.60 Å². The largest absolute Gasteiger partial charge is 0.444 e. The summed E-state index contributed by atoms with van der Waals surface area (Å²) >= 11 is 0. The maximum absolute atomic E-state index is 12.4. The maximum Gasteiger partial charge on any atom is 0.408 e. The zero-order chi connectivity index (χ0) is 18.7. The van der Waals surface area contributed by atoms with Crippen molar-refractivity contribution < 1.29 is 9.53 Å². The first-order valence-electron chi connectivity index (χ1n) is 9.06. The number of carbonyl (C=O) groups is 1. The molecule has 5 nitrogen and oxygen atoms in total. The average molecular weight is 353 g/mol. The second kappa shape index (κ2) is 7.36. The van der Waals surface area contributed by atoms with Gasteiger partial charge in [-0.25, -0.2) is 4.79 Å². The molecule has 1 aliphatic rings. The molecule has 1 aromatic carbocycles. The van der Waals surface area contributed by atoms with Crippen LogP contribution >= 0.6 is 0 Å².